The summed E-state index contributed by atoms with van der Waals surface area (Å²) < 4.78 is 43.6. The maximum absolute atomic E-state index is 12.4. The number of methoxy groups -OCH3 is 1. The lowest BCUT2D eigenvalue weighted by molar-refractivity contribution is -0.141. The molecule has 0 amide bonds. The van der Waals surface area contributed by atoms with E-state index < -0.39 is 11.9 Å². The quantitative estimate of drug-likeness (QED) is 0.858. The Bertz CT molecular complexity index is 562. The minimum absolute atomic E-state index is 0.275. The first-order valence-electron chi connectivity index (χ1n) is 5.34. The lowest BCUT2D eigenvalue weighted by atomic mass is 10.2. The number of halogens is 3. The van der Waals surface area contributed by atoms with Crippen molar-refractivity contribution in [3.63, 3.8) is 0 Å². The third-order valence-corrected chi connectivity index (χ3v) is 2.44. The van der Waals surface area contributed by atoms with E-state index in [1.165, 1.54) is 17.9 Å². The summed E-state index contributed by atoms with van der Waals surface area (Å²) in [6, 6.07) is 2.20. The van der Waals surface area contributed by atoms with E-state index in [0.29, 0.717) is 17.2 Å². The topological polar surface area (TPSA) is 52.8 Å². The normalized spacial score (nSPS) is 11.8. The average Bonchev–Trinajstić information content (AvgIpc) is 2.71. The third kappa shape index (κ3) is 2.90. The fraction of sp³-hybridized carbons (Fsp3) is 0.364. The van der Waals surface area contributed by atoms with Crippen molar-refractivity contribution in [1.29, 1.82) is 0 Å². The Labute approximate surface area is 107 Å². The summed E-state index contributed by atoms with van der Waals surface area (Å²) in [6.45, 7) is 0.275. The summed E-state index contributed by atoms with van der Waals surface area (Å²) in [7, 11) is 3.20. The zero-order chi connectivity index (χ0) is 14.0. The first-order valence-corrected chi connectivity index (χ1v) is 5.34. The Kier molecular flexibility index (Phi) is 3.52. The smallest absolute Gasteiger partial charge is 0.377 e. The van der Waals surface area contributed by atoms with Crippen LogP contribution in [-0.4, -0.2) is 26.9 Å². The summed E-state index contributed by atoms with van der Waals surface area (Å²) >= 11 is 0. The largest absolute Gasteiger partial charge is 0.433 e. The molecule has 0 aliphatic rings. The van der Waals surface area contributed by atoms with Gasteiger partial charge in [0.2, 0.25) is 0 Å². The molecule has 0 saturated heterocycles. The van der Waals surface area contributed by atoms with Gasteiger partial charge in [0.15, 0.2) is 11.6 Å². The van der Waals surface area contributed by atoms with E-state index in [1.54, 1.807) is 7.05 Å². The van der Waals surface area contributed by atoms with Crippen LogP contribution < -0.4 is 0 Å². The molecule has 0 atom stereocenters. The number of aryl methyl sites for hydroxylation is 1. The van der Waals surface area contributed by atoms with Gasteiger partial charge < -0.3 is 4.74 Å². The van der Waals surface area contributed by atoms with Crippen molar-refractivity contribution in [3.8, 4) is 11.4 Å². The second-order valence-corrected chi connectivity index (χ2v) is 3.84. The van der Waals surface area contributed by atoms with E-state index in [2.05, 4.69) is 15.1 Å². The molecule has 5 nitrogen and oxygen atoms in total. The van der Waals surface area contributed by atoms with Gasteiger partial charge >= 0.3 is 6.18 Å². The number of nitrogens with zero attached hydrogens (tertiary/aromatic N) is 4. The number of aromatic nitrogens is 4. The predicted octanol–water partition coefficient (Wildman–Crippen LogP) is 2.04. The molecule has 0 radical (unpaired) electrons. The fourth-order valence-electron chi connectivity index (χ4n) is 1.49. The van der Waals surface area contributed by atoms with E-state index in [4.69, 9.17) is 4.74 Å². The molecule has 2 aromatic rings. The summed E-state index contributed by atoms with van der Waals surface area (Å²) in [5, 5.41) is 4.10. The minimum atomic E-state index is -4.45. The zero-order valence-electron chi connectivity index (χ0n) is 10.3. The van der Waals surface area contributed by atoms with Crippen molar-refractivity contribution >= 4 is 0 Å². The van der Waals surface area contributed by atoms with E-state index in [9.17, 15) is 13.2 Å². The number of pyridine rings is 1. The first-order chi connectivity index (χ1) is 8.91. The van der Waals surface area contributed by atoms with Crippen molar-refractivity contribution < 1.29 is 17.9 Å². The third-order valence-electron chi connectivity index (χ3n) is 2.44. The van der Waals surface area contributed by atoms with Gasteiger partial charge in [-0.3, -0.25) is 9.67 Å². The lowest BCUT2D eigenvalue weighted by Crippen LogP contribution is -2.07. The molecule has 0 unspecified atom stereocenters. The van der Waals surface area contributed by atoms with Crippen molar-refractivity contribution in [2.75, 3.05) is 7.11 Å². The van der Waals surface area contributed by atoms with Gasteiger partial charge in [-0.1, -0.05) is 0 Å². The van der Waals surface area contributed by atoms with Crippen molar-refractivity contribution in [3.05, 3.63) is 29.8 Å². The van der Waals surface area contributed by atoms with E-state index >= 15 is 0 Å². The Balaban J connectivity index is 2.30. The highest BCUT2D eigenvalue weighted by atomic mass is 19.4. The lowest BCUT2D eigenvalue weighted by Gasteiger charge is -2.04. The van der Waals surface area contributed by atoms with Crippen LogP contribution in [0.4, 0.5) is 13.2 Å². The summed E-state index contributed by atoms with van der Waals surface area (Å²) in [4.78, 5) is 7.53. The maximum atomic E-state index is 12.4. The Morgan fingerprint density at radius 2 is 2.05 bits per heavy atom. The van der Waals surface area contributed by atoms with Gasteiger partial charge in [0.05, 0.1) is 0 Å². The summed E-state index contributed by atoms with van der Waals surface area (Å²) in [6.07, 6.45) is -3.34. The molecule has 0 aliphatic carbocycles. The maximum Gasteiger partial charge on any atom is 0.433 e. The molecule has 0 bridgehead atoms. The molecule has 8 heteroatoms. The highest BCUT2D eigenvalue weighted by Gasteiger charge is 2.32. The molecule has 0 aliphatic heterocycles. The van der Waals surface area contributed by atoms with E-state index in [-0.39, 0.29) is 6.61 Å². The molecule has 2 rings (SSSR count). The number of rotatable bonds is 3. The Morgan fingerprint density at radius 3 is 2.58 bits per heavy atom. The minimum Gasteiger partial charge on any atom is -0.377 e. The molecule has 0 N–H and O–H groups in total. The molecule has 19 heavy (non-hydrogen) atoms. The molecular weight excluding hydrogens is 261 g/mol. The predicted molar refractivity (Wildman–Crippen MR) is 59.9 cm³/mol. The SMILES string of the molecule is COCc1nc(-c2ccc(C(F)(F)F)nc2)nn1C. The fourth-order valence-corrected chi connectivity index (χ4v) is 1.49. The van der Waals surface area contributed by atoms with Crippen LogP contribution in [0.15, 0.2) is 18.3 Å². The Hall–Kier alpha value is -1.96. The van der Waals surface area contributed by atoms with Gasteiger partial charge in [-0.2, -0.15) is 18.3 Å². The van der Waals surface area contributed by atoms with Crippen LogP contribution in [0.2, 0.25) is 0 Å². The van der Waals surface area contributed by atoms with Crippen LogP contribution in [0.1, 0.15) is 11.5 Å². The summed E-state index contributed by atoms with van der Waals surface area (Å²) in [5.74, 6) is 0.896. The van der Waals surface area contributed by atoms with Crippen LogP contribution in [0, 0.1) is 0 Å². The average molecular weight is 272 g/mol. The number of alkyl halides is 3. The van der Waals surface area contributed by atoms with Crippen molar-refractivity contribution in [2.24, 2.45) is 7.05 Å². The molecule has 0 fully saturated rings. The van der Waals surface area contributed by atoms with Gasteiger partial charge in [-0.25, -0.2) is 4.98 Å². The molecule has 0 spiro atoms. The van der Waals surface area contributed by atoms with Crippen LogP contribution in [0.3, 0.4) is 0 Å². The van der Waals surface area contributed by atoms with Gasteiger partial charge in [0.25, 0.3) is 0 Å². The number of hydrogen-bond acceptors (Lipinski definition) is 4. The first kappa shape index (κ1) is 13.5. The highest BCUT2D eigenvalue weighted by Crippen LogP contribution is 2.28. The van der Waals surface area contributed by atoms with Gasteiger partial charge in [0, 0.05) is 25.9 Å². The van der Waals surface area contributed by atoms with E-state index in [1.807, 2.05) is 0 Å². The molecule has 0 aromatic carbocycles. The second kappa shape index (κ2) is 4.96. The molecule has 2 heterocycles. The van der Waals surface area contributed by atoms with Crippen molar-refractivity contribution in [2.45, 2.75) is 12.8 Å². The van der Waals surface area contributed by atoms with Gasteiger partial charge in [0.1, 0.15) is 12.3 Å². The zero-order valence-corrected chi connectivity index (χ0v) is 10.3. The van der Waals surface area contributed by atoms with Gasteiger partial charge in [-0.15, -0.1) is 0 Å². The van der Waals surface area contributed by atoms with Crippen LogP contribution in [-0.2, 0) is 24.6 Å². The second-order valence-electron chi connectivity index (χ2n) is 3.84. The monoisotopic (exact) mass is 272 g/mol. The highest BCUT2D eigenvalue weighted by molar-refractivity contribution is 5.53. The molecular formula is C11H11F3N4O. The Morgan fingerprint density at radius 1 is 1.32 bits per heavy atom. The number of hydrogen-bond donors (Lipinski definition) is 0. The standard InChI is InChI=1S/C11H11F3N4O/c1-18-9(6-19-2)16-10(17-18)7-3-4-8(15-5-7)11(12,13)14/h3-5H,6H2,1-2H3. The van der Waals surface area contributed by atoms with Crippen LogP contribution in [0.5, 0.6) is 0 Å². The molecule has 0 saturated carbocycles. The molecule has 102 valence electrons. The molecule has 2 aromatic heterocycles. The van der Waals surface area contributed by atoms with E-state index in [0.717, 1.165) is 12.3 Å². The van der Waals surface area contributed by atoms with Crippen LogP contribution >= 0.6 is 0 Å². The van der Waals surface area contributed by atoms with Crippen LogP contribution in [0.25, 0.3) is 11.4 Å². The van der Waals surface area contributed by atoms with Crippen molar-refractivity contribution in [1.82, 2.24) is 19.7 Å². The van der Waals surface area contributed by atoms with Gasteiger partial charge in [-0.05, 0) is 12.1 Å². The number of ether oxygens (including phenoxy) is 1. The summed E-state index contributed by atoms with van der Waals surface area (Å²) in [5.41, 5.74) is -0.518.